The van der Waals surface area contributed by atoms with Crippen molar-refractivity contribution in [2.75, 3.05) is 18.0 Å². The van der Waals surface area contributed by atoms with E-state index in [1.165, 1.54) is 12.0 Å². The maximum absolute atomic E-state index is 12.6. The molecule has 2 aliphatic rings. The molecule has 0 aliphatic carbocycles. The van der Waals surface area contributed by atoms with Crippen LogP contribution in [0.5, 0.6) is 0 Å². The highest BCUT2D eigenvalue weighted by Gasteiger charge is 2.34. The third-order valence-electron chi connectivity index (χ3n) is 4.19. The summed E-state index contributed by atoms with van der Waals surface area (Å²) in [6.07, 6.45) is 3.32. The van der Waals surface area contributed by atoms with Crippen molar-refractivity contribution in [3.05, 3.63) is 29.8 Å². The Bertz CT molecular complexity index is 458. The van der Waals surface area contributed by atoms with Crippen LogP contribution in [0.2, 0.25) is 0 Å². The van der Waals surface area contributed by atoms with E-state index in [9.17, 15) is 4.79 Å². The molecule has 3 rings (SSSR count). The minimum Gasteiger partial charge on any atom is -0.310 e. The van der Waals surface area contributed by atoms with E-state index in [4.69, 9.17) is 0 Å². The fourth-order valence-electron chi connectivity index (χ4n) is 3.12. The number of hydrogen-bond acceptors (Lipinski definition) is 2. The molecule has 2 heterocycles. The van der Waals surface area contributed by atoms with Crippen LogP contribution < -0.4 is 10.2 Å². The van der Waals surface area contributed by atoms with Crippen LogP contribution in [0, 0.1) is 5.92 Å². The largest absolute Gasteiger partial charge is 0.310 e. The number of nitrogens with one attached hydrogen (secondary N) is 1. The number of benzene rings is 1. The molecule has 1 saturated heterocycles. The van der Waals surface area contributed by atoms with E-state index in [0.717, 1.165) is 31.6 Å². The predicted molar refractivity (Wildman–Crippen MR) is 72.7 cm³/mol. The Morgan fingerprint density at radius 1 is 1.39 bits per heavy atom. The zero-order valence-electron chi connectivity index (χ0n) is 10.9. The highest BCUT2D eigenvalue weighted by Crippen LogP contribution is 2.29. The molecule has 2 atom stereocenters. The first-order valence-electron chi connectivity index (χ1n) is 6.90. The van der Waals surface area contributed by atoms with E-state index >= 15 is 0 Å². The molecule has 1 N–H and O–H groups in total. The molecule has 2 unspecified atom stereocenters. The quantitative estimate of drug-likeness (QED) is 0.819. The maximum Gasteiger partial charge on any atom is 0.244 e. The predicted octanol–water partition coefficient (Wildman–Crippen LogP) is 1.96. The molecule has 1 amide bonds. The molecule has 0 bridgehead atoms. The molecule has 0 radical (unpaired) electrons. The van der Waals surface area contributed by atoms with Crippen LogP contribution in [0.15, 0.2) is 24.3 Å². The van der Waals surface area contributed by atoms with E-state index in [2.05, 4.69) is 24.4 Å². The number of fused-ring (bicyclic) bond motifs is 1. The molecule has 0 aromatic heterocycles. The van der Waals surface area contributed by atoms with Crippen molar-refractivity contribution in [3.8, 4) is 0 Å². The van der Waals surface area contributed by atoms with Crippen LogP contribution in [0.25, 0.3) is 0 Å². The smallest absolute Gasteiger partial charge is 0.244 e. The number of amides is 1. The SMILES string of the molecule is CC1CCCNC1C(=O)N1CCc2ccccc21. The number of piperidine rings is 1. The molecule has 1 aromatic rings. The third-order valence-corrected chi connectivity index (χ3v) is 4.19. The fourth-order valence-corrected chi connectivity index (χ4v) is 3.12. The average molecular weight is 244 g/mol. The zero-order chi connectivity index (χ0) is 12.5. The van der Waals surface area contributed by atoms with Gasteiger partial charge in [-0.05, 0) is 43.4 Å². The highest BCUT2D eigenvalue weighted by atomic mass is 16.2. The number of rotatable bonds is 1. The molecule has 18 heavy (non-hydrogen) atoms. The average Bonchev–Trinajstić information content (AvgIpc) is 2.82. The van der Waals surface area contributed by atoms with Crippen LogP contribution in [0.3, 0.4) is 0 Å². The second-order valence-electron chi connectivity index (χ2n) is 5.42. The van der Waals surface area contributed by atoms with Gasteiger partial charge in [-0.25, -0.2) is 0 Å². The zero-order valence-corrected chi connectivity index (χ0v) is 10.9. The summed E-state index contributed by atoms with van der Waals surface area (Å²) in [7, 11) is 0. The first kappa shape index (κ1) is 11.7. The van der Waals surface area contributed by atoms with Crippen molar-refractivity contribution in [2.24, 2.45) is 5.92 Å². The summed E-state index contributed by atoms with van der Waals surface area (Å²) in [5.41, 5.74) is 2.41. The molecule has 96 valence electrons. The normalized spacial score (nSPS) is 27.1. The van der Waals surface area contributed by atoms with E-state index in [1.54, 1.807) is 0 Å². The molecular weight excluding hydrogens is 224 g/mol. The second-order valence-corrected chi connectivity index (χ2v) is 5.42. The lowest BCUT2D eigenvalue weighted by atomic mass is 9.92. The first-order chi connectivity index (χ1) is 8.77. The number of carbonyl (C=O) groups excluding carboxylic acids is 1. The minimum absolute atomic E-state index is 0.00454. The lowest BCUT2D eigenvalue weighted by Crippen LogP contribution is -2.52. The van der Waals surface area contributed by atoms with Gasteiger partial charge in [0.25, 0.3) is 0 Å². The van der Waals surface area contributed by atoms with Gasteiger partial charge in [0.1, 0.15) is 0 Å². The molecule has 0 spiro atoms. The van der Waals surface area contributed by atoms with Gasteiger partial charge in [-0.3, -0.25) is 4.79 Å². The Morgan fingerprint density at radius 2 is 2.22 bits per heavy atom. The summed E-state index contributed by atoms with van der Waals surface area (Å²) < 4.78 is 0. The molecule has 0 saturated carbocycles. The molecule has 3 heteroatoms. The van der Waals surface area contributed by atoms with Gasteiger partial charge in [0.2, 0.25) is 5.91 Å². The first-order valence-corrected chi connectivity index (χ1v) is 6.90. The van der Waals surface area contributed by atoms with Crippen LogP contribution in [0.4, 0.5) is 5.69 Å². The van der Waals surface area contributed by atoms with Gasteiger partial charge in [-0.1, -0.05) is 25.1 Å². The lowest BCUT2D eigenvalue weighted by molar-refractivity contribution is -0.122. The maximum atomic E-state index is 12.6. The van der Waals surface area contributed by atoms with Gasteiger partial charge in [0, 0.05) is 12.2 Å². The van der Waals surface area contributed by atoms with Crippen molar-refractivity contribution in [1.82, 2.24) is 5.32 Å². The highest BCUT2D eigenvalue weighted by molar-refractivity contribution is 5.99. The van der Waals surface area contributed by atoms with Gasteiger partial charge < -0.3 is 10.2 Å². The Balaban J connectivity index is 1.82. The summed E-state index contributed by atoms with van der Waals surface area (Å²) in [6.45, 7) is 3.98. The van der Waals surface area contributed by atoms with E-state index in [-0.39, 0.29) is 11.9 Å². The molecule has 3 nitrogen and oxygen atoms in total. The van der Waals surface area contributed by atoms with E-state index < -0.39 is 0 Å². The van der Waals surface area contributed by atoms with Crippen molar-refractivity contribution in [1.29, 1.82) is 0 Å². The van der Waals surface area contributed by atoms with Gasteiger partial charge >= 0.3 is 0 Å². The summed E-state index contributed by atoms with van der Waals surface area (Å²) in [6, 6.07) is 8.26. The van der Waals surface area contributed by atoms with Crippen LogP contribution >= 0.6 is 0 Å². The molecule has 2 aliphatic heterocycles. The van der Waals surface area contributed by atoms with E-state index in [1.807, 2.05) is 17.0 Å². The van der Waals surface area contributed by atoms with Crippen molar-refractivity contribution >= 4 is 11.6 Å². The van der Waals surface area contributed by atoms with Gasteiger partial charge in [0.15, 0.2) is 0 Å². The van der Waals surface area contributed by atoms with Gasteiger partial charge in [-0.15, -0.1) is 0 Å². The number of nitrogens with zero attached hydrogens (tertiary/aromatic N) is 1. The van der Waals surface area contributed by atoms with Crippen LogP contribution in [-0.2, 0) is 11.2 Å². The topological polar surface area (TPSA) is 32.3 Å². The van der Waals surface area contributed by atoms with Crippen molar-refractivity contribution in [2.45, 2.75) is 32.2 Å². The Hall–Kier alpha value is -1.35. The number of anilines is 1. The third kappa shape index (κ3) is 1.93. The summed E-state index contributed by atoms with van der Waals surface area (Å²) in [4.78, 5) is 14.6. The molecule has 1 aromatic carbocycles. The molecular formula is C15H20N2O. The van der Waals surface area contributed by atoms with Gasteiger partial charge in [0.05, 0.1) is 6.04 Å². The second kappa shape index (κ2) is 4.73. The lowest BCUT2D eigenvalue weighted by Gasteiger charge is -2.32. The van der Waals surface area contributed by atoms with Crippen molar-refractivity contribution < 1.29 is 4.79 Å². The van der Waals surface area contributed by atoms with Crippen molar-refractivity contribution in [3.63, 3.8) is 0 Å². The summed E-state index contributed by atoms with van der Waals surface area (Å²) in [5.74, 6) is 0.700. The number of para-hydroxylation sites is 1. The summed E-state index contributed by atoms with van der Waals surface area (Å²) in [5, 5.41) is 3.39. The number of hydrogen-bond donors (Lipinski definition) is 1. The molecule has 1 fully saturated rings. The Morgan fingerprint density at radius 3 is 3.06 bits per heavy atom. The Labute approximate surface area is 108 Å². The Kier molecular flexibility index (Phi) is 3.08. The monoisotopic (exact) mass is 244 g/mol. The van der Waals surface area contributed by atoms with Crippen LogP contribution in [0.1, 0.15) is 25.3 Å². The minimum atomic E-state index is 0.00454. The summed E-state index contributed by atoms with van der Waals surface area (Å²) >= 11 is 0. The fraction of sp³-hybridized carbons (Fsp3) is 0.533. The number of carbonyl (C=O) groups is 1. The van der Waals surface area contributed by atoms with Gasteiger partial charge in [-0.2, -0.15) is 0 Å². The standard InChI is InChI=1S/C15H20N2O/c1-11-5-4-9-16-14(11)15(18)17-10-8-12-6-2-3-7-13(12)17/h2-3,6-7,11,14,16H,4-5,8-10H2,1H3. The van der Waals surface area contributed by atoms with E-state index in [0.29, 0.717) is 5.92 Å². The van der Waals surface area contributed by atoms with Crippen LogP contribution in [-0.4, -0.2) is 25.0 Å².